The van der Waals surface area contributed by atoms with E-state index in [1.165, 1.54) is 36.4 Å². The number of amidine groups is 1. The number of carbonyl (C=O) groups is 2. The highest BCUT2D eigenvalue weighted by Gasteiger charge is 2.24. The molecule has 6 nitrogen and oxygen atoms in total. The molecular formula is C21H13FN2O4S. The number of carboxylic acid groups (broad SMARTS) is 1. The molecule has 1 aliphatic rings. The number of carboxylic acids is 1. The van der Waals surface area contributed by atoms with Gasteiger partial charge in [0.2, 0.25) is 0 Å². The standard InChI is InChI=1S/C21H13FN2O4S/c22-14-5-7-15(8-6-14)23-19-18(29-21(27)24-19)11-16-9-10-17(28-16)12-1-3-13(4-2-12)20(25)26/h1-11H,(H,25,26)(H,23,24,27)/b18-11-. The molecule has 0 radical (unpaired) electrons. The van der Waals surface area contributed by atoms with Crippen molar-refractivity contribution in [1.29, 1.82) is 0 Å². The van der Waals surface area contributed by atoms with E-state index in [2.05, 4.69) is 10.3 Å². The van der Waals surface area contributed by atoms with Crippen molar-refractivity contribution in [3.8, 4) is 11.3 Å². The summed E-state index contributed by atoms with van der Waals surface area (Å²) in [6.45, 7) is 0. The van der Waals surface area contributed by atoms with Crippen LogP contribution in [0, 0.1) is 5.82 Å². The first-order valence-electron chi connectivity index (χ1n) is 8.47. The van der Waals surface area contributed by atoms with Gasteiger partial charge in [-0.15, -0.1) is 0 Å². The number of amides is 1. The van der Waals surface area contributed by atoms with Crippen LogP contribution in [0.1, 0.15) is 16.1 Å². The molecule has 0 aliphatic carbocycles. The van der Waals surface area contributed by atoms with Gasteiger partial charge in [0.25, 0.3) is 5.24 Å². The lowest BCUT2D eigenvalue weighted by molar-refractivity contribution is 0.0697. The van der Waals surface area contributed by atoms with Gasteiger partial charge in [0.05, 0.1) is 16.2 Å². The largest absolute Gasteiger partial charge is 0.478 e. The zero-order chi connectivity index (χ0) is 20.4. The summed E-state index contributed by atoms with van der Waals surface area (Å²) < 4.78 is 18.9. The van der Waals surface area contributed by atoms with Crippen LogP contribution in [0.25, 0.3) is 17.4 Å². The minimum absolute atomic E-state index is 0.191. The summed E-state index contributed by atoms with van der Waals surface area (Å²) in [6.07, 6.45) is 1.68. The fourth-order valence-corrected chi connectivity index (χ4v) is 3.37. The molecule has 144 valence electrons. The van der Waals surface area contributed by atoms with Crippen LogP contribution in [-0.4, -0.2) is 22.2 Å². The molecule has 0 atom stereocenters. The molecule has 1 amide bonds. The van der Waals surface area contributed by atoms with Crippen LogP contribution in [-0.2, 0) is 0 Å². The van der Waals surface area contributed by atoms with E-state index in [1.54, 1.807) is 30.3 Å². The lowest BCUT2D eigenvalue weighted by atomic mass is 10.1. The van der Waals surface area contributed by atoms with E-state index < -0.39 is 5.97 Å². The smallest absolute Gasteiger partial charge is 0.335 e. The van der Waals surface area contributed by atoms with E-state index in [4.69, 9.17) is 9.52 Å². The molecule has 0 bridgehead atoms. The number of aromatic carboxylic acids is 1. The number of furan rings is 1. The van der Waals surface area contributed by atoms with Gasteiger partial charge in [0.15, 0.2) is 0 Å². The Morgan fingerprint density at radius 2 is 1.79 bits per heavy atom. The first kappa shape index (κ1) is 18.7. The van der Waals surface area contributed by atoms with Gasteiger partial charge >= 0.3 is 5.97 Å². The van der Waals surface area contributed by atoms with Crippen molar-refractivity contribution in [3.63, 3.8) is 0 Å². The van der Waals surface area contributed by atoms with Gasteiger partial charge in [-0.25, -0.2) is 14.2 Å². The van der Waals surface area contributed by atoms with Crippen LogP contribution in [0.5, 0.6) is 0 Å². The second-order valence-electron chi connectivity index (χ2n) is 6.04. The summed E-state index contributed by atoms with van der Waals surface area (Å²) >= 11 is 0.982. The summed E-state index contributed by atoms with van der Waals surface area (Å²) in [5, 5.41) is 11.4. The molecule has 1 aromatic heterocycles. The third kappa shape index (κ3) is 4.27. The first-order chi connectivity index (χ1) is 14.0. The molecular weight excluding hydrogens is 395 g/mol. The van der Waals surface area contributed by atoms with Crippen molar-refractivity contribution < 1.29 is 23.5 Å². The first-order valence-corrected chi connectivity index (χ1v) is 9.28. The summed E-state index contributed by atoms with van der Waals surface area (Å²) in [4.78, 5) is 27.7. The summed E-state index contributed by atoms with van der Waals surface area (Å²) in [5.41, 5.74) is 1.43. The average Bonchev–Trinajstić information content (AvgIpc) is 3.30. The third-order valence-corrected chi connectivity index (χ3v) is 4.86. The maximum absolute atomic E-state index is 13.1. The second kappa shape index (κ2) is 7.76. The Labute approximate surface area is 168 Å². The molecule has 2 aromatic carbocycles. The van der Waals surface area contributed by atoms with Crippen molar-refractivity contribution in [1.82, 2.24) is 5.32 Å². The maximum Gasteiger partial charge on any atom is 0.335 e. The Hall–Kier alpha value is -3.65. The Morgan fingerprint density at radius 3 is 2.48 bits per heavy atom. The van der Waals surface area contributed by atoms with Crippen LogP contribution in [0.15, 0.2) is 75.0 Å². The molecule has 0 spiro atoms. The Morgan fingerprint density at radius 1 is 1.07 bits per heavy atom. The number of nitrogens with one attached hydrogen (secondary N) is 1. The lowest BCUT2D eigenvalue weighted by Crippen LogP contribution is -2.18. The molecule has 3 aromatic rings. The zero-order valence-corrected chi connectivity index (χ0v) is 15.6. The van der Waals surface area contributed by atoms with Gasteiger partial charge in [-0.1, -0.05) is 12.1 Å². The highest BCUT2D eigenvalue weighted by molar-refractivity contribution is 8.18. The maximum atomic E-state index is 13.1. The number of aliphatic imine (C=N–C) groups is 1. The second-order valence-corrected chi connectivity index (χ2v) is 7.06. The number of halogens is 1. The van der Waals surface area contributed by atoms with Gasteiger partial charge in [-0.2, -0.15) is 0 Å². The fourth-order valence-electron chi connectivity index (χ4n) is 2.65. The summed E-state index contributed by atoms with van der Waals surface area (Å²) in [6, 6.07) is 15.4. The number of hydrogen-bond donors (Lipinski definition) is 2. The van der Waals surface area contributed by atoms with Crippen LogP contribution in [0.4, 0.5) is 14.9 Å². The van der Waals surface area contributed by atoms with Gasteiger partial charge in [0.1, 0.15) is 23.2 Å². The normalized spacial score (nSPS) is 16.4. The zero-order valence-electron chi connectivity index (χ0n) is 14.8. The Bertz CT molecular complexity index is 1150. The van der Waals surface area contributed by atoms with E-state index in [1.807, 2.05) is 0 Å². The van der Waals surface area contributed by atoms with E-state index in [9.17, 15) is 14.0 Å². The van der Waals surface area contributed by atoms with E-state index in [-0.39, 0.29) is 16.6 Å². The van der Waals surface area contributed by atoms with E-state index in [0.717, 1.165) is 17.3 Å². The molecule has 1 aliphatic heterocycles. The SMILES string of the molecule is O=C1NC(=Nc2ccc(F)cc2)/C(=C/c2ccc(-c3ccc(C(=O)O)cc3)o2)S1. The predicted molar refractivity (Wildman–Crippen MR) is 109 cm³/mol. The minimum Gasteiger partial charge on any atom is -0.478 e. The van der Waals surface area contributed by atoms with Crippen molar-refractivity contribution in [2.24, 2.45) is 4.99 Å². The van der Waals surface area contributed by atoms with Crippen LogP contribution in [0.2, 0.25) is 0 Å². The van der Waals surface area contributed by atoms with Gasteiger partial charge in [0, 0.05) is 5.56 Å². The molecule has 2 N–H and O–H groups in total. The van der Waals surface area contributed by atoms with Crippen LogP contribution >= 0.6 is 11.8 Å². The Kier molecular flexibility index (Phi) is 5.01. The number of thioether (sulfide) groups is 1. The van der Waals surface area contributed by atoms with E-state index in [0.29, 0.717) is 27.9 Å². The van der Waals surface area contributed by atoms with Crippen molar-refractivity contribution in [2.45, 2.75) is 0 Å². The highest BCUT2D eigenvalue weighted by atomic mass is 32.2. The average molecular weight is 408 g/mol. The van der Waals surface area contributed by atoms with E-state index >= 15 is 0 Å². The number of carbonyl (C=O) groups excluding carboxylic acids is 1. The molecule has 1 fully saturated rings. The highest BCUT2D eigenvalue weighted by Crippen LogP contribution is 2.30. The van der Waals surface area contributed by atoms with Gasteiger partial charge in [-0.05, 0) is 66.4 Å². The summed E-state index contributed by atoms with van der Waals surface area (Å²) in [5.74, 6) is 0.0652. The Balaban J connectivity index is 1.60. The molecule has 0 unspecified atom stereocenters. The quantitative estimate of drug-likeness (QED) is 0.610. The molecule has 0 saturated carbocycles. The third-order valence-electron chi connectivity index (χ3n) is 4.04. The number of rotatable bonds is 4. The predicted octanol–water partition coefficient (Wildman–Crippen LogP) is 5.31. The van der Waals surface area contributed by atoms with Crippen molar-refractivity contribution in [3.05, 3.63) is 82.7 Å². The van der Waals surface area contributed by atoms with Crippen LogP contribution < -0.4 is 5.32 Å². The number of benzene rings is 2. The lowest BCUT2D eigenvalue weighted by Gasteiger charge is -2.00. The summed E-state index contributed by atoms with van der Waals surface area (Å²) in [7, 11) is 0. The monoisotopic (exact) mass is 408 g/mol. The molecule has 4 rings (SSSR count). The van der Waals surface area contributed by atoms with Crippen molar-refractivity contribution in [2.75, 3.05) is 0 Å². The number of hydrogen-bond acceptors (Lipinski definition) is 5. The molecule has 1 saturated heterocycles. The molecule has 2 heterocycles. The molecule has 29 heavy (non-hydrogen) atoms. The minimum atomic E-state index is -0.996. The topological polar surface area (TPSA) is 91.9 Å². The van der Waals surface area contributed by atoms with Gasteiger partial charge < -0.3 is 14.8 Å². The fraction of sp³-hybridized carbons (Fsp3) is 0. The molecule has 8 heteroatoms. The van der Waals surface area contributed by atoms with Gasteiger partial charge in [-0.3, -0.25) is 4.79 Å². The number of nitrogens with zero attached hydrogens (tertiary/aromatic N) is 1. The van der Waals surface area contributed by atoms with Crippen molar-refractivity contribution >= 4 is 40.6 Å². The van der Waals surface area contributed by atoms with Crippen LogP contribution in [0.3, 0.4) is 0 Å².